The molecular weight excluding hydrogens is 525 g/mol. The van der Waals surface area contributed by atoms with E-state index in [1.54, 1.807) is 36.4 Å². The summed E-state index contributed by atoms with van der Waals surface area (Å²) in [5.41, 5.74) is 7.52. The van der Waals surface area contributed by atoms with Gasteiger partial charge in [-0.15, -0.1) is 0 Å². The summed E-state index contributed by atoms with van der Waals surface area (Å²) in [5, 5.41) is 4.56. The number of amides is 2. The van der Waals surface area contributed by atoms with E-state index in [1.807, 2.05) is 0 Å². The molecular formula is C23H21Cl2N7O5. The summed E-state index contributed by atoms with van der Waals surface area (Å²) in [4.78, 5) is 40.9. The minimum atomic E-state index is -0.802. The van der Waals surface area contributed by atoms with Crippen LogP contribution in [0, 0.1) is 0 Å². The summed E-state index contributed by atoms with van der Waals surface area (Å²) in [6.45, 7) is 0.0983. The highest BCUT2D eigenvalue weighted by Gasteiger charge is 2.22. The van der Waals surface area contributed by atoms with E-state index in [0.717, 1.165) is 4.57 Å². The molecule has 192 valence electrons. The van der Waals surface area contributed by atoms with E-state index in [4.69, 9.17) is 38.4 Å². The molecule has 2 aromatic carbocycles. The average Bonchev–Trinajstić information content (AvgIpc) is 3.21. The van der Waals surface area contributed by atoms with E-state index < -0.39 is 17.3 Å². The highest BCUT2D eigenvalue weighted by atomic mass is 35.5. The number of benzene rings is 2. The lowest BCUT2D eigenvalue weighted by molar-refractivity contribution is 0.249. The summed E-state index contributed by atoms with van der Waals surface area (Å²) in [6.07, 6.45) is 1.37. The molecule has 0 bridgehead atoms. The van der Waals surface area contributed by atoms with Crippen molar-refractivity contribution < 1.29 is 14.3 Å². The third kappa shape index (κ3) is 5.15. The lowest BCUT2D eigenvalue weighted by Gasteiger charge is -2.13. The maximum absolute atomic E-state index is 13.1. The first-order chi connectivity index (χ1) is 17.6. The van der Waals surface area contributed by atoms with Crippen LogP contribution in [0.5, 0.6) is 17.5 Å². The maximum Gasteiger partial charge on any atom is 0.332 e. The van der Waals surface area contributed by atoms with Crippen molar-refractivity contribution in [1.82, 2.24) is 24.1 Å². The van der Waals surface area contributed by atoms with E-state index in [0.29, 0.717) is 26.9 Å². The number of primary amides is 1. The zero-order valence-corrected chi connectivity index (χ0v) is 21.4. The molecule has 0 saturated carbocycles. The molecule has 2 aromatic heterocycles. The molecule has 2 heterocycles. The summed E-state index contributed by atoms with van der Waals surface area (Å²) in [6, 6.07) is 9.07. The van der Waals surface area contributed by atoms with E-state index in [2.05, 4.69) is 15.5 Å². The van der Waals surface area contributed by atoms with Crippen molar-refractivity contribution in [3.63, 3.8) is 0 Å². The first kappa shape index (κ1) is 25.8. The van der Waals surface area contributed by atoms with Crippen LogP contribution in [0.2, 0.25) is 10.0 Å². The van der Waals surface area contributed by atoms with Crippen molar-refractivity contribution in [2.45, 2.75) is 6.54 Å². The van der Waals surface area contributed by atoms with Gasteiger partial charge in [0.1, 0.15) is 0 Å². The van der Waals surface area contributed by atoms with Crippen LogP contribution < -0.4 is 31.9 Å². The molecule has 3 N–H and O–H groups in total. The lowest BCUT2D eigenvalue weighted by Crippen LogP contribution is -2.37. The van der Waals surface area contributed by atoms with Gasteiger partial charge >= 0.3 is 17.7 Å². The fourth-order valence-electron chi connectivity index (χ4n) is 3.59. The minimum absolute atomic E-state index is 0.0226. The number of imidazole rings is 1. The molecule has 0 atom stereocenters. The minimum Gasteiger partial charge on any atom is -0.493 e. The lowest BCUT2D eigenvalue weighted by atomic mass is 10.2. The van der Waals surface area contributed by atoms with Gasteiger partial charge in [-0.2, -0.15) is 10.1 Å². The number of urea groups is 1. The molecule has 2 amide bonds. The van der Waals surface area contributed by atoms with Gasteiger partial charge in [0.05, 0.1) is 19.9 Å². The molecule has 0 radical (unpaired) electrons. The molecule has 0 aliphatic rings. The maximum atomic E-state index is 13.1. The van der Waals surface area contributed by atoms with Crippen molar-refractivity contribution >= 4 is 46.6 Å². The summed E-state index contributed by atoms with van der Waals surface area (Å²) >= 11 is 12.4. The van der Waals surface area contributed by atoms with E-state index in [-0.39, 0.29) is 29.5 Å². The molecule has 4 aromatic rings. The molecule has 37 heavy (non-hydrogen) atoms. The van der Waals surface area contributed by atoms with Crippen LogP contribution in [-0.4, -0.2) is 38.0 Å². The van der Waals surface area contributed by atoms with Crippen molar-refractivity contribution in [2.75, 3.05) is 7.11 Å². The zero-order chi connectivity index (χ0) is 26.9. The number of hydrazone groups is 1. The SMILES string of the molecule is COc1cc(/C=N/NC(N)=O)ccc1Oc1nc2c(c(=O)n(C)c(=O)n2C)n1Cc1ccc(Cl)cc1Cl. The summed E-state index contributed by atoms with van der Waals surface area (Å²) < 4.78 is 15.3. The van der Waals surface area contributed by atoms with Crippen molar-refractivity contribution in [2.24, 2.45) is 24.9 Å². The molecule has 4 rings (SSSR count). The Hall–Kier alpha value is -4.29. The average molecular weight is 546 g/mol. The number of hydrogen-bond acceptors (Lipinski definition) is 7. The van der Waals surface area contributed by atoms with Crippen molar-refractivity contribution in [3.05, 3.63) is 78.4 Å². The number of nitrogens with one attached hydrogen (secondary N) is 1. The van der Waals surface area contributed by atoms with Gasteiger partial charge in [-0.05, 0) is 41.5 Å². The Morgan fingerprint density at radius 3 is 2.57 bits per heavy atom. The number of fused-ring (bicyclic) bond motifs is 1. The number of carbonyl (C=O) groups excluding carboxylic acids is 1. The Kier molecular flexibility index (Phi) is 7.23. The second-order valence-electron chi connectivity index (χ2n) is 7.84. The standard InChI is InChI=1S/C23H21Cl2N7O5/c1-30-19-18(20(33)31(2)23(30)35)32(11-13-5-6-14(24)9-15(13)25)22(28-19)37-16-7-4-12(8-17(16)36-3)10-27-29-21(26)34/h4-10H,11H2,1-3H3,(H3,26,29,34)/b27-10+. The Balaban J connectivity index is 1.85. The summed E-state index contributed by atoms with van der Waals surface area (Å²) in [7, 11) is 4.34. The monoisotopic (exact) mass is 545 g/mol. The molecule has 14 heteroatoms. The number of hydrogen-bond donors (Lipinski definition) is 2. The van der Waals surface area contributed by atoms with Crippen LogP contribution in [0.1, 0.15) is 11.1 Å². The molecule has 0 fully saturated rings. The number of nitrogens with zero attached hydrogens (tertiary/aromatic N) is 5. The molecule has 0 aliphatic heterocycles. The van der Waals surface area contributed by atoms with Gasteiger partial charge in [-0.3, -0.25) is 18.5 Å². The third-order valence-electron chi connectivity index (χ3n) is 5.43. The number of aryl methyl sites for hydroxylation is 1. The number of aromatic nitrogens is 4. The van der Waals surface area contributed by atoms with E-state index in [1.165, 1.54) is 36.6 Å². The van der Waals surface area contributed by atoms with Gasteiger partial charge < -0.3 is 15.2 Å². The van der Waals surface area contributed by atoms with Crippen LogP contribution in [-0.2, 0) is 20.6 Å². The topological polar surface area (TPSA) is 148 Å². The van der Waals surface area contributed by atoms with Crippen molar-refractivity contribution in [1.29, 1.82) is 0 Å². The highest BCUT2D eigenvalue weighted by molar-refractivity contribution is 6.35. The Labute approximate surface area is 219 Å². The number of ether oxygens (including phenoxy) is 2. The van der Waals surface area contributed by atoms with Crippen LogP contribution in [0.3, 0.4) is 0 Å². The molecule has 12 nitrogen and oxygen atoms in total. The van der Waals surface area contributed by atoms with E-state index >= 15 is 0 Å². The van der Waals surface area contributed by atoms with Crippen LogP contribution in [0.25, 0.3) is 11.2 Å². The van der Waals surface area contributed by atoms with E-state index in [9.17, 15) is 14.4 Å². The molecule has 0 spiro atoms. The van der Waals surface area contributed by atoms with Gasteiger partial charge in [-0.25, -0.2) is 15.0 Å². The van der Waals surface area contributed by atoms with Crippen LogP contribution >= 0.6 is 23.2 Å². The van der Waals surface area contributed by atoms with Gasteiger partial charge in [0.2, 0.25) is 0 Å². The molecule has 0 saturated heterocycles. The fourth-order valence-corrected chi connectivity index (χ4v) is 4.06. The van der Waals surface area contributed by atoms with Crippen LogP contribution in [0.15, 0.2) is 51.1 Å². The fraction of sp³-hybridized carbons (Fsp3) is 0.174. The quantitative estimate of drug-likeness (QED) is 0.269. The first-order valence-electron chi connectivity index (χ1n) is 10.6. The van der Waals surface area contributed by atoms with Crippen molar-refractivity contribution in [3.8, 4) is 17.5 Å². The number of rotatable bonds is 7. The number of carbonyl (C=O) groups is 1. The molecule has 0 unspecified atom stereocenters. The number of halogens is 2. The van der Waals surface area contributed by atoms with Crippen LogP contribution in [0.4, 0.5) is 4.79 Å². The van der Waals surface area contributed by atoms with Gasteiger partial charge in [-0.1, -0.05) is 29.3 Å². The molecule has 0 aliphatic carbocycles. The summed E-state index contributed by atoms with van der Waals surface area (Å²) in [5.74, 6) is 0.580. The highest BCUT2D eigenvalue weighted by Crippen LogP contribution is 2.33. The number of methoxy groups -OCH3 is 1. The normalized spacial score (nSPS) is 11.3. The predicted octanol–water partition coefficient (Wildman–Crippen LogP) is 2.59. The Morgan fingerprint density at radius 1 is 1.14 bits per heavy atom. The second kappa shape index (κ2) is 10.4. The van der Waals surface area contributed by atoms with Gasteiger partial charge in [0.15, 0.2) is 22.7 Å². The smallest absolute Gasteiger partial charge is 0.332 e. The first-order valence-corrected chi connectivity index (χ1v) is 11.4. The zero-order valence-electron chi connectivity index (χ0n) is 19.9. The Morgan fingerprint density at radius 2 is 1.89 bits per heavy atom. The van der Waals surface area contributed by atoms with Gasteiger partial charge in [0, 0.05) is 24.1 Å². The van der Waals surface area contributed by atoms with Gasteiger partial charge in [0.25, 0.3) is 5.56 Å². The largest absolute Gasteiger partial charge is 0.493 e. The Bertz CT molecular complexity index is 1670. The number of nitrogens with two attached hydrogens (primary N) is 1. The second-order valence-corrected chi connectivity index (χ2v) is 8.68. The third-order valence-corrected chi connectivity index (χ3v) is 6.02. The predicted molar refractivity (Wildman–Crippen MR) is 139 cm³/mol.